The van der Waals surface area contributed by atoms with Crippen molar-refractivity contribution < 1.29 is 9.53 Å². The summed E-state index contributed by atoms with van der Waals surface area (Å²) in [5.74, 6) is 0.0675. The van der Waals surface area contributed by atoms with Crippen molar-refractivity contribution in [1.82, 2.24) is 10.3 Å². The minimum Gasteiger partial charge on any atom is -0.466 e. The van der Waals surface area contributed by atoms with E-state index in [0.717, 1.165) is 44.3 Å². The Labute approximate surface area is 124 Å². The first-order valence-corrected chi connectivity index (χ1v) is 8.38. The largest absolute Gasteiger partial charge is 0.466 e. The van der Waals surface area contributed by atoms with Gasteiger partial charge in [0.05, 0.1) is 17.5 Å². The third kappa shape index (κ3) is 4.56. The summed E-state index contributed by atoms with van der Waals surface area (Å²) in [6, 6.07) is 0.444. The molecule has 112 valence electrons. The highest BCUT2D eigenvalue weighted by atomic mass is 32.1. The third-order valence-electron chi connectivity index (χ3n) is 3.73. The Morgan fingerprint density at radius 3 is 3.10 bits per heavy atom. The van der Waals surface area contributed by atoms with E-state index in [9.17, 15) is 4.79 Å². The van der Waals surface area contributed by atoms with Gasteiger partial charge >= 0.3 is 5.97 Å². The van der Waals surface area contributed by atoms with Gasteiger partial charge in [-0.2, -0.15) is 0 Å². The number of hydrogen-bond donors (Lipinski definition) is 1. The van der Waals surface area contributed by atoms with Crippen LogP contribution in [0.3, 0.4) is 0 Å². The highest BCUT2D eigenvalue weighted by molar-refractivity contribution is 7.09. The predicted octanol–water partition coefficient (Wildman–Crippen LogP) is 2.71. The van der Waals surface area contributed by atoms with Crippen molar-refractivity contribution in [2.24, 2.45) is 5.92 Å². The second kappa shape index (κ2) is 7.74. The van der Waals surface area contributed by atoms with E-state index in [1.807, 2.05) is 13.8 Å². The molecule has 2 unspecified atom stereocenters. The van der Waals surface area contributed by atoms with Gasteiger partial charge in [0, 0.05) is 30.1 Å². The molecular weight excluding hydrogens is 272 g/mol. The SMILES string of the molecule is CCOC(=O)C1CCCC(NCCc2nc(C)cs2)C1. The van der Waals surface area contributed by atoms with Crippen LogP contribution < -0.4 is 5.32 Å². The van der Waals surface area contributed by atoms with Crippen LogP contribution in [0.2, 0.25) is 0 Å². The van der Waals surface area contributed by atoms with Crippen molar-refractivity contribution in [2.45, 2.75) is 52.0 Å². The highest BCUT2D eigenvalue weighted by Gasteiger charge is 2.27. The van der Waals surface area contributed by atoms with E-state index in [-0.39, 0.29) is 11.9 Å². The lowest BCUT2D eigenvalue weighted by molar-refractivity contribution is -0.149. The molecule has 0 amide bonds. The Bertz CT molecular complexity index is 433. The molecule has 4 nitrogen and oxygen atoms in total. The number of carbonyl (C=O) groups is 1. The zero-order valence-corrected chi connectivity index (χ0v) is 13.2. The number of hydrogen-bond acceptors (Lipinski definition) is 5. The Balaban J connectivity index is 1.71. The zero-order chi connectivity index (χ0) is 14.4. The molecule has 20 heavy (non-hydrogen) atoms. The molecule has 0 aromatic carbocycles. The number of aromatic nitrogens is 1. The average Bonchev–Trinajstić information content (AvgIpc) is 2.85. The summed E-state index contributed by atoms with van der Waals surface area (Å²) in [6.45, 7) is 5.31. The lowest BCUT2D eigenvalue weighted by atomic mass is 9.85. The van der Waals surface area contributed by atoms with Crippen LogP contribution in [0.15, 0.2) is 5.38 Å². The number of aryl methyl sites for hydroxylation is 1. The third-order valence-corrected chi connectivity index (χ3v) is 4.76. The van der Waals surface area contributed by atoms with Crippen LogP contribution in [0, 0.1) is 12.8 Å². The zero-order valence-electron chi connectivity index (χ0n) is 12.4. The first-order valence-electron chi connectivity index (χ1n) is 7.50. The second-order valence-corrected chi connectivity index (χ2v) is 6.34. The van der Waals surface area contributed by atoms with Crippen LogP contribution in [0.25, 0.3) is 0 Å². The summed E-state index contributed by atoms with van der Waals surface area (Å²) >= 11 is 1.72. The van der Waals surface area contributed by atoms with Gasteiger partial charge in [-0.3, -0.25) is 4.79 Å². The molecule has 2 atom stereocenters. The Hall–Kier alpha value is -0.940. The van der Waals surface area contributed by atoms with Gasteiger partial charge in [0.25, 0.3) is 0 Å². The lowest BCUT2D eigenvalue weighted by Gasteiger charge is -2.28. The fourth-order valence-corrected chi connectivity index (χ4v) is 3.53. The van der Waals surface area contributed by atoms with Crippen LogP contribution in [0.1, 0.15) is 43.3 Å². The highest BCUT2D eigenvalue weighted by Crippen LogP contribution is 2.25. The normalized spacial score (nSPS) is 22.7. The first kappa shape index (κ1) is 15.4. The summed E-state index contributed by atoms with van der Waals surface area (Å²) in [5, 5.41) is 6.84. The van der Waals surface area contributed by atoms with E-state index in [0.29, 0.717) is 12.6 Å². The predicted molar refractivity (Wildman–Crippen MR) is 80.9 cm³/mol. The summed E-state index contributed by atoms with van der Waals surface area (Å²) < 4.78 is 5.13. The monoisotopic (exact) mass is 296 g/mol. The number of nitrogens with one attached hydrogen (secondary N) is 1. The van der Waals surface area contributed by atoms with Crippen LogP contribution >= 0.6 is 11.3 Å². The first-order chi connectivity index (χ1) is 9.69. The van der Waals surface area contributed by atoms with Crippen molar-refractivity contribution >= 4 is 17.3 Å². The number of esters is 1. The van der Waals surface area contributed by atoms with Crippen molar-refractivity contribution in [2.75, 3.05) is 13.2 Å². The number of thiazole rings is 1. The van der Waals surface area contributed by atoms with Gasteiger partial charge in [-0.1, -0.05) is 6.42 Å². The Morgan fingerprint density at radius 1 is 1.55 bits per heavy atom. The van der Waals surface area contributed by atoms with E-state index in [2.05, 4.69) is 15.7 Å². The molecule has 0 saturated heterocycles. The van der Waals surface area contributed by atoms with E-state index >= 15 is 0 Å². The van der Waals surface area contributed by atoms with Crippen molar-refractivity contribution in [3.05, 3.63) is 16.1 Å². The molecule has 0 bridgehead atoms. The fourth-order valence-electron chi connectivity index (χ4n) is 2.75. The molecule has 1 aromatic rings. The summed E-state index contributed by atoms with van der Waals surface area (Å²) in [7, 11) is 0. The van der Waals surface area contributed by atoms with E-state index in [4.69, 9.17) is 4.74 Å². The maximum absolute atomic E-state index is 11.8. The molecular formula is C15H24N2O2S. The minimum absolute atomic E-state index is 0.0189. The van der Waals surface area contributed by atoms with Crippen molar-refractivity contribution in [1.29, 1.82) is 0 Å². The smallest absolute Gasteiger partial charge is 0.308 e. The number of ether oxygens (including phenoxy) is 1. The molecule has 2 rings (SSSR count). The number of nitrogens with zero attached hydrogens (tertiary/aromatic N) is 1. The number of rotatable bonds is 6. The molecule has 0 aliphatic heterocycles. The molecule has 1 saturated carbocycles. The van der Waals surface area contributed by atoms with E-state index in [1.165, 1.54) is 5.01 Å². The van der Waals surface area contributed by atoms with E-state index in [1.54, 1.807) is 11.3 Å². The van der Waals surface area contributed by atoms with Crippen molar-refractivity contribution in [3.63, 3.8) is 0 Å². The molecule has 5 heteroatoms. The molecule has 0 radical (unpaired) electrons. The molecule has 1 aromatic heterocycles. The van der Waals surface area contributed by atoms with Crippen molar-refractivity contribution in [3.8, 4) is 0 Å². The molecule has 1 heterocycles. The maximum atomic E-state index is 11.8. The molecule has 0 spiro atoms. The number of carbonyl (C=O) groups excluding carboxylic acids is 1. The maximum Gasteiger partial charge on any atom is 0.308 e. The summed E-state index contributed by atoms with van der Waals surface area (Å²) in [6.07, 6.45) is 5.13. The molecule has 1 aliphatic rings. The Morgan fingerprint density at radius 2 is 2.40 bits per heavy atom. The Kier molecular flexibility index (Phi) is 5.98. The topological polar surface area (TPSA) is 51.2 Å². The van der Waals surface area contributed by atoms with Gasteiger partial charge in [-0.15, -0.1) is 11.3 Å². The van der Waals surface area contributed by atoms with Crippen LogP contribution in [-0.4, -0.2) is 30.1 Å². The van der Waals surface area contributed by atoms with Gasteiger partial charge in [0.15, 0.2) is 0 Å². The average molecular weight is 296 g/mol. The molecule has 1 fully saturated rings. The van der Waals surface area contributed by atoms with Crippen LogP contribution in [-0.2, 0) is 16.0 Å². The fraction of sp³-hybridized carbons (Fsp3) is 0.733. The molecule has 1 aliphatic carbocycles. The van der Waals surface area contributed by atoms with Gasteiger partial charge in [0.2, 0.25) is 0 Å². The second-order valence-electron chi connectivity index (χ2n) is 5.40. The minimum atomic E-state index is -0.0189. The standard InChI is InChI=1S/C15H24N2O2S/c1-3-19-15(18)12-5-4-6-13(9-12)16-8-7-14-17-11(2)10-20-14/h10,12-13,16H,3-9H2,1-2H3. The van der Waals surface area contributed by atoms with Crippen LogP contribution in [0.4, 0.5) is 0 Å². The molecule has 1 N–H and O–H groups in total. The lowest BCUT2D eigenvalue weighted by Crippen LogP contribution is -2.37. The van der Waals surface area contributed by atoms with E-state index < -0.39 is 0 Å². The quantitative estimate of drug-likeness (QED) is 0.820. The summed E-state index contributed by atoms with van der Waals surface area (Å²) in [4.78, 5) is 16.2. The van der Waals surface area contributed by atoms with Gasteiger partial charge in [-0.05, 0) is 33.1 Å². The van der Waals surface area contributed by atoms with Gasteiger partial charge in [-0.25, -0.2) is 4.98 Å². The van der Waals surface area contributed by atoms with Gasteiger partial charge < -0.3 is 10.1 Å². The van der Waals surface area contributed by atoms with Crippen LogP contribution in [0.5, 0.6) is 0 Å². The summed E-state index contributed by atoms with van der Waals surface area (Å²) in [5.41, 5.74) is 1.10. The van der Waals surface area contributed by atoms with Gasteiger partial charge in [0.1, 0.15) is 0 Å².